The highest BCUT2D eigenvalue weighted by Crippen LogP contribution is 2.20. The number of benzene rings is 1. The van der Waals surface area contributed by atoms with Gasteiger partial charge in [0.25, 0.3) is 5.91 Å². The van der Waals surface area contributed by atoms with E-state index in [0.717, 1.165) is 19.4 Å². The molecule has 32 heavy (non-hydrogen) atoms. The lowest BCUT2D eigenvalue weighted by Crippen LogP contribution is -2.44. The molecule has 0 aromatic heterocycles. The van der Waals surface area contributed by atoms with Crippen molar-refractivity contribution in [2.24, 2.45) is 17.6 Å². The maximum absolute atomic E-state index is 12.8. The zero-order valence-corrected chi connectivity index (χ0v) is 21.5. The molecule has 0 unspecified atom stereocenters. The van der Waals surface area contributed by atoms with Crippen LogP contribution in [0.4, 0.5) is 0 Å². The fraction of sp³-hybridized carbons (Fsp3) is 0.696. The van der Waals surface area contributed by atoms with Crippen molar-refractivity contribution in [2.45, 2.75) is 52.2 Å². The number of hydrogen-bond donors (Lipinski definition) is 4. The molecule has 0 heterocycles. The molecule has 1 aromatic carbocycles. The molecule has 3 atom stereocenters. The molecule has 0 aliphatic rings. The van der Waals surface area contributed by atoms with Crippen molar-refractivity contribution in [3.63, 3.8) is 0 Å². The summed E-state index contributed by atoms with van der Waals surface area (Å²) in [7, 11) is 1.68. The molecule has 0 saturated carbocycles. The van der Waals surface area contributed by atoms with E-state index >= 15 is 0 Å². The molecular weight excluding hydrogens is 453 g/mol. The Bertz CT molecular complexity index is 608. The van der Waals surface area contributed by atoms with Crippen LogP contribution in [0.5, 0.6) is 5.75 Å². The van der Waals surface area contributed by atoms with E-state index in [1.807, 2.05) is 25.1 Å². The van der Waals surface area contributed by atoms with Gasteiger partial charge in [-0.25, -0.2) is 0 Å². The van der Waals surface area contributed by atoms with Gasteiger partial charge in [-0.2, -0.15) is 0 Å². The van der Waals surface area contributed by atoms with Crippen molar-refractivity contribution < 1.29 is 19.4 Å². The number of ether oxygens (including phenoxy) is 2. The Kier molecular flexibility index (Phi) is 20.0. The predicted molar refractivity (Wildman–Crippen MR) is 135 cm³/mol. The summed E-state index contributed by atoms with van der Waals surface area (Å²) in [6.07, 6.45) is 1.82. The minimum Gasteiger partial charge on any atom is -0.493 e. The first-order chi connectivity index (χ1) is 14.4. The van der Waals surface area contributed by atoms with Crippen LogP contribution in [-0.2, 0) is 4.74 Å². The quantitative estimate of drug-likeness (QED) is 0.262. The second kappa shape index (κ2) is 19.4. The van der Waals surface area contributed by atoms with Crippen molar-refractivity contribution in [3.8, 4) is 5.75 Å². The zero-order chi connectivity index (χ0) is 22.4. The van der Waals surface area contributed by atoms with E-state index in [0.29, 0.717) is 50.0 Å². The van der Waals surface area contributed by atoms with Crippen LogP contribution in [0.25, 0.3) is 0 Å². The summed E-state index contributed by atoms with van der Waals surface area (Å²) in [5.74, 6) is 0.929. The summed E-state index contributed by atoms with van der Waals surface area (Å²) in [6.45, 7) is 9.22. The van der Waals surface area contributed by atoms with Gasteiger partial charge in [0.05, 0.1) is 18.3 Å². The number of likely N-dealkylation sites (N-methyl/N-ethyl adjacent to an activating group) is 1. The van der Waals surface area contributed by atoms with Crippen molar-refractivity contribution in [1.82, 2.24) is 10.6 Å². The monoisotopic (exact) mass is 495 g/mol. The second-order valence-electron chi connectivity index (χ2n) is 8.03. The Labute approximate surface area is 206 Å². The molecule has 7 nitrogen and oxygen atoms in total. The molecule has 0 aliphatic carbocycles. The van der Waals surface area contributed by atoms with Crippen LogP contribution >= 0.6 is 24.8 Å². The first kappa shape index (κ1) is 33.1. The van der Waals surface area contributed by atoms with E-state index in [1.54, 1.807) is 13.2 Å². The summed E-state index contributed by atoms with van der Waals surface area (Å²) < 4.78 is 10.9. The summed E-state index contributed by atoms with van der Waals surface area (Å²) in [6, 6.07) is 6.95. The maximum atomic E-state index is 12.8. The molecule has 9 heteroatoms. The summed E-state index contributed by atoms with van der Waals surface area (Å²) in [5, 5.41) is 16.4. The van der Waals surface area contributed by atoms with Crippen molar-refractivity contribution in [2.75, 3.05) is 40.0 Å². The van der Waals surface area contributed by atoms with Gasteiger partial charge in [0.1, 0.15) is 5.75 Å². The standard InChI is InChI=1S/C23H41N3O4.2ClH/c1-5-25-16-21(27)20(24)14-18(17(2)3)15-26-23(28)19-10-6-7-11-22(19)30-13-9-8-12-29-4;;/h6-7,10-11,17-18,20-21,25,27H,5,8-9,12-16,24H2,1-4H3,(H,26,28);2*1H/t18-,20+,21+;;/m1../s1. The molecule has 0 aliphatic heterocycles. The Morgan fingerprint density at radius 3 is 2.41 bits per heavy atom. The van der Waals surface area contributed by atoms with E-state index < -0.39 is 6.10 Å². The Hall–Kier alpha value is -1.09. The van der Waals surface area contributed by atoms with Gasteiger partial charge in [-0.05, 0) is 49.8 Å². The normalized spacial score (nSPS) is 13.5. The summed E-state index contributed by atoms with van der Waals surface area (Å²) in [4.78, 5) is 12.8. The first-order valence-corrected chi connectivity index (χ1v) is 11.0. The van der Waals surface area contributed by atoms with Crippen molar-refractivity contribution >= 4 is 30.7 Å². The number of carbonyl (C=O) groups excluding carboxylic acids is 1. The number of nitrogens with one attached hydrogen (secondary N) is 2. The fourth-order valence-electron chi connectivity index (χ4n) is 3.17. The number of hydrogen-bond acceptors (Lipinski definition) is 6. The lowest BCUT2D eigenvalue weighted by Gasteiger charge is -2.27. The van der Waals surface area contributed by atoms with Gasteiger partial charge in [-0.3, -0.25) is 4.79 Å². The SMILES string of the molecule is CCNC[C@H](O)[C@@H](N)C[C@H](CNC(=O)c1ccccc1OCCCCOC)C(C)C.Cl.Cl. The van der Waals surface area contributed by atoms with Crippen LogP contribution in [0.3, 0.4) is 0 Å². The number of aliphatic hydroxyl groups excluding tert-OH is 1. The highest BCUT2D eigenvalue weighted by atomic mass is 35.5. The number of halogens is 2. The third kappa shape index (κ3) is 12.8. The number of nitrogens with two attached hydrogens (primary N) is 1. The number of amides is 1. The average Bonchev–Trinajstić information content (AvgIpc) is 2.74. The zero-order valence-electron chi connectivity index (χ0n) is 19.8. The molecule has 0 radical (unpaired) electrons. The second-order valence-corrected chi connectivity index (χ2v) is 8.03. The van der Waals surface area contributed by atoms with Gasteiger partial charge in [0.2, 0.25) is 0 Å². The Morgan fingerprint density at radius 1 is 1.12 bits per heavy atom. The molecule has 0 bridgehead atoms. The lowest BCUT2D eigenvalue weighted by atomic mass is 9.87. The molecule has 188 valence electrons. The van der Waals surface area contributed by atoms with Crippen molar-refractivity contribution in [1.29, 1.82) is 0 Å². The highest BCUT2D eigenvalue weighted by Gasteiger charge is 2.23. The van der Waals surface area contributed by atoms with Crippen LogP contribution in [0.2, 0.25) is 0 Å². The maximum Gasteiger partial charge on any atom is 0.255 e. The van der Waals surface area contributed by atoms with Gasteiger partial charge < -0.3 is 30.9 Å². The van der Waals surface area contributed by atoms with Crippen LogP contribution in [-0.4, -0.2) is 63.1 Å². The lowest BCUT2D eigenvalue weighted by molar-refractivity contribution is 0.0927. The smallest absolute Gasteiger partial charge is 0.255 e. The van der Waals surface area contributed by atoms with Crippen LogP contribution in [0.1, 0.15) is 50.4 Å². The number of para-hydroxylation sites is 1. The van der Waals surface area contributed by atoms with Crippen molar-refractivity contribution in [3.05, 3.63) is 29.8 Å². The molecule has 0 fully saturated rings. The topological polar surface area (TPSA) is 106 Å². The molecule has 1 amide bonds. The molecule has 0 saturated heterocycles. The minimum absolute atomic E-state index is 0. The molecular formula is C23H43Cl2N3O4. The molecule has 5 N–H and O–H groups in total. The summed E-state index contributed by atoms with van der Waals surface area (Å²) >= 11 is 0. The Balaban J connectivity index is 0. The largest absolute Gasteiger partial charge is 0.493 e. The van der Waals surface area contributed by atoms with Gasteiger partial charge >= 0.3 is 0 Å². The Morgan fingerprint density at radius 2 is 1.78 bits per heavy atom. The number of methoxy groups -OCH3 is 1. The third-order valence-corrected chi connectivity index (χ3v) is 5.27. The van der Waals surface area contributed by atoms with Crippen LogP contribution in [0, 0.1) is 11.8 Å². The van der Waals surface area contributed by atoms with E-state index in [4.69, 9.17) is 15.2 Å². The third-order valence-electron chi connectivity index (χ3n) is 5.27. The van der Waals surface area contributed by atoms with E-state index in [-0.39, 0.29) is 42.7 Å². The van der Waals surface area contributed by atoms with Gasteiger partial charge in [-0.15, -0.1) is 24.8 Å². The van der Waals surface area contributed by atoms with Crippen LogP contribution < -0.4 is 21.1 Å². The van der Waals surface area contributed by atoms with Gasteiger partial charge in [-0.1, -0.05) is 32.9 Å². The fourth-order valence-corrected chi connectivity index (χ4v) is 3.17. The van der Waals surface area contributed by atoms with E-state index in [9.17, 15) is 9.90 Å². The van der Waals surface area contributed by atoms with Crippen LogP contribution in [0.15, 0.2) is 24.3 Å². The highest BCUT2D eigenvalue weighted by molar-refractivity contribution is 5.96. The molecule has 1 aromatic rings. The summed E-state index contributed by atoms with van der Waals surface area (Å²) in [5.41, 5.74) is 6.73. The van der Waals surface area contributed by atoms with E-state index in [1.165, 1.54) is 0 Å². The number of rotatable bonds is 16. The first-order valence-electron chi connectivity index (χ1n) is 11.0. The van der Waals surface area contributed by atoms with Gasteiger partial charge in [0, 0.05) is 32.8 Å². The molecule has 0 spiro atoms. The van der Waals surface area contributed by atoms with E-state index in [2.05, 4.69) is 24.5 Å². The number of unbranched alkanes of at least 4 members (excludes halogenated alkanes) is 1. The predicted octanol–water partition coefficient (Wildman–Crippen LogP) is 3.03. The number of carbonyl (C=O) groups is 1. The average molecular weight is 497 g/mol. The minimum atomic E-state index is -0.603. The van der Waals surface area contributed by atoms with Gasteiger partial charge in [0.15, 0.2) is 0 Å². The number of aliphatic hydroxyl groups is 1. The molecule has 1 rings (SSSR count).